The van der Waals surface area contributed by atoms with E-state index >= 15 is 0 Å². The summed E-state index contributed by atoms with van der Waals surface area (Å²) in [6, 6.07) is 5.34. The quantitative estimate of drug-likeness (QED) is 0.804. The average molecular weight is 358 g/mol. The summed E-state index contributed by atoms with van der Waals surface area (Å²) < 4.78 is 0. The van der Waals surface area contributed by atoms with Gasteiger partial charge in [-0.3, -0.25) is 9.59 Å². The molecule has 7 nitrogen and oxygen atoms in total. The summed E-state index contributed by atoms with van der Waals surface area (Å²) in [5.41, 5.74) is 2.15. The fourth-order valence-electron chi connectivity index (χ4n) is 3.21. The maximum atomic E-state index is 12.8. The Balaban J connectivity index is 1.60. The van der Waals surface area contributed by atoms with Gasteiger partial charge in [-0.2, -0.15) is 0 Å². The lowest BCUT2D eigenvalue weighted by Crippen LogP contribution is -2.56. The number of anilines is 1. The number of piperazine rings is 1. The summed E-state index contributed by atoms with van der Waals surface area (Å²) in [5, 5.41) is 5.78. The first-order valence-corrected chi connectivity index (χ1v) is 9.02. The Morgan fingerprint density at radius 2 is 1.69 bits per heavy atom. The minimum atomic E-state index is -0.275. The predicted octanol–water partition coefficient (Wildman–Crippen LogP) is 1.84. The number of hydrogen-bond acceptors (Lipinski definition) is 3. The van der Waals surface area contributed by atoms with Gasteiger partial charge in [0, 0.05) is 49.4 Å². The van der Waals surface area contributed by atoms with Gasteiger partial charge in [0.25, 0.3) is 5.91 Å². The summed E-state index contributed by atoms with van der Waals surface area (Å²) in [4.78, 5) is 40.0. The van der Waals surface area contributed by atoms with Crippen molar-refractivity contribution < 1.29 is 14.4 Å². The van der Waals surface area contributed by atoms with Crippen LogP contribution in [0, 0.1) is 0 Å². The Labute approximate surface area is 153 Å². The molecule has 2 aliphatic rings. The lowest BCUT2D eigenvalue weighted by Gasteiger charge is -2.36. The van der Waals surface area contributed by atoms with E-state index in [-0.39, 0.29) is 23.4 Å². The Kier molecular flexibility index (Phi) is 4.89. The van der Waals surface area contributed by atoms with E-state index in [1.54, 1.807) is 21.9 Å². The number of amides is 4. The average Bonchev–Trinajstić information content (AvgIpc) is 2.59. The molecule has 26 heavy (non-hydrogen) atoms. The fraction of sp³-hybridized carbons (Fsp3) is 0.526. The molecule has 0 atom stereocenters. The minimum Gasteiger partial charge on any atom is -0.335 e. The molecule has 2 aliphatic heterocycles. The molecule has 0 bridgehead atoms. The van der Waals surface area contributed by atoms with Crippen LogP contribution in [0.1, 0.15) is 43.1 Å². The van der Waals surface area contributed by atoms with Crippen LogP contribution in [0.5, 0.6) is 0 Å². The van der Waals surface area contributed by atoms with E-state index in [1.165, 1.54) is 0 Å². The first kappa shape index (κ1) is 18.2. The van der Waals surface area contributed by atoms with Crippen LogP contribution in [-0.4, -0.2) is 59.4 Å². The molecule has 0 spiro atoms. The second-order valence-electron chi connectivity index (χ2n) is 7.88. The van der Waals surface area contributed by atoms with E-state index in [1.807, 2.05) is 26.8 Å². The molecule has 4 amide bonds. The van der Waals surface area contributed by atoms with E-state index in [9.17, 15) is 14.4 Å². The van der Waals surface area contributed by atoms with Crippen molar-refractivity contribution in [1.82, 2.24) is 15.1 Å². The third-order valence-corrected chi connectivity index (χ3v) is 4.58. The molecule has 0 radical (unpaired) electrons. The Morgan fingerprint density at radius 3 is 2.35 bits per heavy atom. The van der Waals surface area contributed by atoms with Crippen LogP contribution >= 0.6 is 0 Å². The molecular formula is C19H26N4O3. The molecule has 3 rings (SSSR count). The molecular weight excluding hydrogens is 332 g/mol. The molecule has 2 heterocycles. The maximum Gasteiger partial charge on any atom is 0.317 e. The Morgan fingerprint density at radius 1 is 1.04 bits per heavy atom. The molecule has 0 aromatic heterocycles. The minimum absolute atomic E-state index is 0.0150. The number of aryl methyl sites for hydroxylation is 1. The molecule has 140 valence electrons. The van der Waals surface area contributed by atoms with Gasteiger partial charge in [0.05, 0.1) is 0 Å². The highest BCUT2D eigenvalue weighted by Gasteiger charge is 2.27. The van der Waals surface area contributed by atoms with Gasteiger partial charge in [-0.05, 0) is 51.0 Å². The van der Waals surface area contributed by atoms with Crippen molar-refractivity contribution in [3.8, 4) is 0 Å². The molecule has 1 fully saturated rings. The van der Waals surface area contributed by atoms with Crippen molar-refractivity contribution in [2.24, 2.45) is 0 Å². The number of carbonyl (C=O) groups is 3. The van der Waals surface area contributed by atoms with E-state index in [0.29, 0.717) is 44.6 Å². The van der Waals surface area contributed by atoms with Gasteiger partial charge in [-0.25, -0.2) is 4.79 Å². The van der Waals surface area contributed by atoms with Crippen LogP contribution in [-0.2, 0) is 11.2 Å². The largest absolute Gasteiger partial charge is 0.335 e. The highest BCUT2D eigenvalue weighted by atomic mass is 16.2. The van der Waals surface area contributed by atoms with Crippen molar-refractivity contribution in [2.45, 2.75) is 39.2 Å². The van der Waals surface area contributed by atoms with Crippen LogP contribution in [0.3, 0.4) is 0 Å². The van der Waals surface area contributed by atoms with E-state index in [4.69, 9.17) is 0 Å². The number of fused-ring (bicyclic) bond motifs is 1. The van der Waals surface area contributed by atoms with Crippen molar-refractivity contribution >= 4 is 23.5 Å². The topological polar surface area (TPSA) is 81.8 Å². The zero-order chi connectivity index (χ0) is 18.9. The normalized spacial score (nSPS) is 17.4. The SMILES string of the molecule is CC(C)(C)NC(=O)N1CCN(C(=O)c2ccc3c(c2)CCC(=O)N3)CC1. The first-order valence-electron chi connectivity index (χ1n) is 9.02. The fourth-order valence-corrected chi connectivity index (χ4v) is 3.21. The third kappa shape index (κ3) is 4.15. The van der Waals surface area contributed by atoms with Crippen LogP contribution in [0.25, 0.3) is 0 Å². The highest BCUT2D eigenvalue weighted by molar-refractivity contribution is 5.98. The van der Waals surface area contributed by atoms with Crippen LogP contribution in [0.4, 0.5) is 10.5 Å². The van der Waals surface area contributed by atoms with Crippen LogP contribution in [0.15, 0.2) is 18.2 Å². The van der Waals surface area contributed by atoms with Crippen molar-refractivity contribution in [1.29, 1.82) is 0 Å². The number of rotatable bonds is 1. The second kappa shape index (κ2) is 6.97. The lowest BCUT2D eigenvalue weighted by molar-refractivity contribution is -0.116. The summed E-state index contributed by atoms with van der Waals surface area (Å²) in [6.07, 6.45) is 1.11. The van der Waals surface area contributed by atoms with Gasteiger partial charge < -0.3 is 20.4 Å². The highest BCUT2D eigenvalue weighted by Crippen LogP contribution is 2.24. The number of urea groups is 1. The van der Waals surface area contributed by atoms with Gasteiger partial charge in [-0.15, -0.1) is 0 Å². The number of hydrogen-bond donors (Lipinski definition) is 2. The molecule has 0 unspecified atom stereocenters. The van der Waals surface area contributed by atoms with Gasteiger partial charge in [-0.1, -0.05) is 0 Å². The first-order chi connectivity index (χ1) is 12.2. The van der Waals surface area contributed by atoms with E-state index < -0.39 is 0 Å². The zero-order valence-corrected chi connectivity index (χ0v) is 15.6. The monoisotopic (exact) mass is 358 g/mol. The zero-order valence-electron chi connectivity index (χ0n) is 15.6. The van der Waals surface area contributed by atoms with Gasteiger partial charge in [0.15, 0.2) is 0 Å². The van der Waals surface area contributed by atoms with Gasteiger partial charge in [0.1, 0.15) is 0 Å². The van der Waals surface area contributed by atoms with Crippen molar-refractivity contribution in [3.05, 3.63) is 29.3 Å². The molecule has 0 saturated carbocycles. The second-order valence-corrected chi connectivity index (χ2v) is 7.88. The van der Waals surface area contributed by atoms with E-state index in [0.717, 1.165) is 11.3 Å². The molecule has 1 aromatic rings. The number of carbonyl (C=O) groups excluding carboxylic acids is 3. The summed E-state index contributed by atoms with van der Waals surface area (Å²) >= 11 is 0. The number of nitrogens with zero attached hydrogens (tertiary/aromatic N) is 2. The lowest BCUT2D eigenvalue weighted by atomic mass is 10.00. The molecule has 1 aromatic carbocycles. The summed E-state index contributed by atoms with van der Waals surface area (Å²) in [5.74, 6) is -0.0122. The van der Waals surface area contributed by atoms with E-state index in [2.05, 4.69) is 10.6 Å². The van der Waals surface area contributed by atoms with Crippen LogP contribution in [0.2, 0.25) is 0 Å². The number of nitrogens with one attached hydrogen (secondary N) is 2. The standard InChI is InChI=1S/C19H26N4O3/c1-19(2,3)21-18(26)23-10-8-22(9-11-23)17(25)14-4-6-15-13(12-14)5-7-16(24)20-15/h4,6,12H,5,7-11H2,1-3H3,(H,20,24)(H,21,26). The molecule has 1 saturated heterocycles. The van der Waals surface area contributed by atoms with Gasteiger partial charge >= 0.3 is 6.03 Å². The smallest absolute Gasteiger partial charge is 0.317 e. The number of benzene rings is 1. The summed E-state index contributed by atoms with van der Waals surface area (Å²) in [7, 11) is 0. The molecule has 7 heteroatoms. The Bertz CT molecular complexity index is 731. The van der Waals surface area contributed by atoms with Crippen LogP contribution < -0.4 is 10.6 Å². The maximum absolute atomic E-state index is 12.8. The molecule has 2 N–H and O–H groups in total. The Hall–Kier alpha value is -2.57. The summed E-state index contributed by atoms with van der Waals surface area (Å²) in [6.45, 7) is 7.92. The van der Waals surface area contributed by atoms with Crippen molar-refractivity contribution in [3.63, 3.8) is 0 Å². The molecule has 0 aliphatic carbocycles. The van der Waals surface area contributed by atoms with Crippen molar-refractivity contribution in [2.75, 3.05) is 31.5 Å². The third-order valence-electron chi connectivity index (χ3n) is 4.58. The predicted molar refractivity (Wildman–Crippen MR) is 99.2 cm³/mol. The van der Waals surface area contributed by atoms with Gasteiger partial charge in [0.2, 0.25) is 5.91 Å².